The first-order valence-corrected chi connectivity index (χ1v) is 0. The van der Waals surface area contributed by atoms with Gasteiger partial charge in [-0.15, -0.1) is 0 Å². The van der Waals surface area contributed by atoms with E-state index in [2.05, 4.69) is 0 Å². The van der Waals surface area contributed by atoms with Crippen LogP contribution in [0.4, 0.5) is 0 Å². The SMILES string of the molecule is [Cl-].[Cl-].[Cl-].[Cl-].[Cl-].[Cl-].[In+3].[In+3].[In+3].[In+3].[In+3].[In+3].[In+3].[In+3].[In+3].[In+3].[In+3].[In+3]. The van der Waals surface area contributed by atoms with E-state index in [-0.39, 0.29) is 385 Å². The molecule has 0 aromatic rings. The number of halogens is 6. The van der Waals surface area contributed by atoms with Gasteiger partial charge in [-0.1, -0.05) is 0 Å². The molecule has 0 bridgehead atoms. The van der Waals surface area contributed by atoms with Crippen LogP contribution in [0.5, 0.6) is 0 Å². The zero-order chi connectivity index (χ0) is 0. The van der Waals surface area contributed by atoms with Crippen LogP contribution < -0.4 is 74.4 Å². The van der Waals surface area contributed by atoms with Crippen LogP contribution in [0.2, 0.25) is 0 Å². The average molecular weight is 1590 g/mol. The minimum absolute atomic E-state index is 0. The maximum atomic E-state index is 0. The molecule has 0 atom stereocenters. The number of rotatable bonds is 0. The molecule has 0 amide bonds. The van der Waals surface area contributed by atoms with E-state index < -0.39 is 0 Å². The van der Waals surface area contributed by atoms with Gasteiger partial charge in [0.2, 0.25) is 0 Å². The second kappa shape index (κ2) is 156. The molecule has 0 unspecified atom stereocenters. The molecule has 0 saturated carbocycles. The molecule has 0 nitrogen and oxygen atoms in total. The standard InChI is InChI=1S/6ClH.12In/h6*1H;;;;;;;;;;;;/q;;;;;;12*+3/p-6. The summed E-state index contributed by atoms with van der Waals surface area (Å²) >= 11 is 0. The molecule has 0 spiro atoms. The van der Waals surface area contributed by atoms with Crippen molar-refractivity contribution >= 4 is 310 Å². The van der Waals surface area contributed by atoms with Crippen LogP contribution in [0.25, 0.3) is 0 Å². The van der Waals surface area contributed by atoms with E-state index in [1.54, 1.807) is 0 Å². The Morgan fingerprint density at radius 2 is 0.111 bits per heavy atom. The Morgan fingerprint density at radius 1 is 0.111 bits per heavy atom. The molecule has 0 aromatic carbocycles. The first kappa shape index (κ1) is 173. The summed E-state index contributed by atoms with van der Waals surface area (Å²) in [5.41, 5.74) is 0. The van der Waals surface area contributed by atoms with Gasteiger partial charge in [-0.2, -0.15) is 0 Å². The van der Waals surface area contributed by atoms with Crippen LogP contribution in [0.15, 0.2) is 0 Å². The van der Waals surface area contributed by atoms with Gasteiger partial charge in [-0.25, -0.2) is 0 Å². The van der Waals surface area contributed by atoms with Crippen LogP contribution >= 0.6 is 0 Å². The molecule has 0 rings (SSSR count). The van der Waals surface area contributed by atoms with Crippen molar-refractivity contribution in [1.82, 2.24) is 0 Å². The minimum atomic E-state index is 0. The summed E-state index contributed by atoms with van der Waals surface area (Å²) in [6.45, 7) is 0. The van der Waals surface area contributed by atoms with Crippen LogP contribution in [-0.4, -0.2) is 310 Å². The quantitative estimate of drug-likeness (QED) is 0.227. The van der Waals surface area contributed by atoms with Crippen LogP contribution in [0, 0.1) is 0 Å². The van der Waals surface area contributed by atoms with Gasteiger partial charge in [0.25, 0.3) is 0 Å². The number of hydrogen-bond acceptors (Lipinski definition) is 0. The second-order valence-electron chi connectivity index (χ2n) is 0. The third kappa shape index (κ3) is 140. The van der Waals surface area contributed by atoms with Crippen LogP contribution in [0.1, 0.15) is 0 Å². The summed E-state index contributed by atoms with van der Waals surface area (Å²) in [6, 6.07) is 0. The zero-order valence-corrected chi connectivity index (χ0v) is 53.3. The molecule has 0 aromatic heterocycles. The maximum absolute atomic E-state index is 0. The summed E-state index contributed by atoms with van der Waals surface area (Å²) in [5.74, 6) is 0. The van der Waals surface area contributed by atoms with Gasteiger partial charge in [0.05, 0.1) is 0 Å². The third-order valence-electron chi connectivity index (χ3n) is 0. The molecular weight excluding hydrogens is 1590 g/mol. The molecule has 0 radical (unpaired) electrons. The molecule has 0 heterocycles. The molecule has 0 aliphatic heterocycles. The predicted molar refractivity (Wildman–Crippen MR) is 69.0 cm³/mol. The van der Waals surface area contributed by atoms with Crippen molar-refractivity contribution in [3.63, 3.8) is 0 Å². The normalized spacial score (nSPS) is 0. The minimum Gasteiger partial charge on any atom is -1.00 e. The molecule has 18 heavy (non-hydrogen) atoms. The van der Waals surface area contributed by atoms with Crippen molar-refractivity contribution in [2.45, 2.75) is 0 Å². The summed E-state index contributed by atoms with van der Waals surface area (Å²) in [6.07, 6.45) is 0. The Kier molecular flexibility index (Phi) is 1500. The van der Waals surface area contributed by atoms with E-state index in [0.29, 0.717) is 0 Å². The molecule has 0 N–H and O–H groups in total. The van der Waals surface area contributed by atoms with Crippen LogP contribution in [-0.2, 0) is 0 Å². The monoisotopic (exact) mass is 1590 g/mol. The fourth-order valence-electron chi connectivity index (χ4n) is 0. The fraction of sp³-hybridized carbons (Fsp3) is 0. The first-order valence-electron chi connectivity index (χ1n) is 0. The van der Waals surface area contributed by atoms with Gasteiger partial charge in [-0.3, -0.25) is 0 Å². The van der Waals surface area contributed by atoms with Crippen molar-refractivity contribution in [3.05, 3.63) is 0 Å². The summed E-state index contributed by atoms with van der Waals surface area (Å²) < 4.78 is 0. The Labute approximate surface area is 373 Å². The molecule has 0 aliphatic carbocycles. The van der Waals surface area contributed by atoms with Gasteiger partial charge < -0.3 is 74.4 Å². The largest absolute Gasteiger partial charge is 3.00 e. The third-order valence-corrected chi connectivity index (χ3v) is 0. The fourth-order valence-corrected chi connectivity index (χ4v) is 0. The average Bonchev–Trinajstić information content (AvgIpc) is 0. The number of hydrogen-bond donors (Lipinski definition) is 0. The predicted octanol–water partition coefficient (Wildman–Crippen LogP) is -22.5. The van der Waals surface area contributed by atoms with E-state index in [0.717, 1.165) is 0 Å². The molecular formula is Cl6In12+30. The molecule has 18 heteroatoms. The van der Waals surface area contributed by atoms with Crippen molar-refractivity contribution in [2.75, 3.05) is 0 Å². The molecule has 48 valence electrons. The van der Waals surface area contributed by atoms with Crippen LogP contribution in [0.3, 0.4) is 0 Å². The van der Waals surface area contributed by atoms with Crippen molar-refractivity contribution in [2.24, 2.45) is 0 Å². The summed E-state index contributed by atoms with van der Waals surface area (Å²) in [4.78, 5) is 0. The second-order valence-corrected chi connectivity index (χ2v) is 0. The van der Waals surface area contributed by atoms with E-state index >= 15 is 0 Å². The first-order chi connectivity index (χ1) is 0. The smallest absolute Gasteiger partial charge is 1.00 e. The molecule has 0 fully saturated rings. The Balaban J connectivity index is 0. The van der Waals surface area contributed by atoms with Crippen molar-refractivity contribution in [3.8, 4) is 0 Å². The maximum Gasteiger partial charge on any atom is 3.00 e. The Morgan fingerprint density at radius 3 is 0.111 bits per heavy atom. The van der Waals surface area contributed by atoms with E-state index in [1.165, 1.54) is 0 Å². The van der Waals surface area contributed by atoms with E-state index in [1.807, 2.05) is 0 Å². The van der Waals surface area contributed by atoms with Gasteiger partial charge in [-0.05, 0) is 0 Å². The van der Waals surface area contributed by atoms with Crippen molar-refractivity contribution in [1.29, 1.82) is 0 Å². The van der Waals surface area contributed by atoms with Gasteiger partial charge in [0, 0.05) is 0 Å². The summed E-state index contributed by atoms with van der Waals surface area (Å²) in [7, 11) is 0. The molecule has 0 saturated heterocycles. The Hall–Kier alpha value is 12.2. The van der Waals surface area contributed by atoms with Gasteiger partial charge in [0.1, 0.15) is 0 Å². The molecule has 0 aliphatic rings. The van der Waals surface area contributed by atoms with E-state index in [9.17, 15) is 0 Å². The Bertz CT molecular complexity index is 16.5. The summed E-state index contributed by atoms with van der Waals surface area (Å²) in [5, 5.41) is 0. The zero-order valence-electron chi connectivity index (χ0n) is 9.20. The van der Waals surface area contributed by atoms with E-state index in [4.69, 9.17) is 0 Å². The topological polar surface area (TPSA) is 0 Å². The van der Waals surface area contributed by atoms with Gasteiger partial charge >= 0.3 is 310 Å². The van der Waals surface area contributed by atoms with Crippen molar-refractivity contribution < 1.29 is 74.4 Å². The van der Waals surface area contributed by atoms with Gasteiger partial charge in [0.15, 0.2) is 0 Å².